The van der Waals surface area contributed by atoms with E-state index < -0.39 is 5.54 Å². The quantitative estimate of drug-likeness (QED) is 0.363. The van der Waals surface area contributed by atoms with Gasteiger partial charge in [-0.1, -0.05) is 72.9 Å². The Morgan fingerprint density at radius 2 is 1.84 bits per heavy atom. The largest absolute Gasteiger partial charge is 0.494 e. The number of unbranched alkanes of at least 4 members (excludes halogenated alkanes) is 2. The summed E-state index contributed by atoms with van der Waals surface area (Å²) in [6.07, 6.45) is 6.13. The van der Waals surface area contributed by atoms with Crippen LogP contribution >= 0.6 is 0 Å². The highest BCUT2D eigenvalue weighted by Gasteiger charge is 2.48. The van der Waals surface area contributed by atoms with E-state index in [0.717, 1.165) is 55.5 Å². The Bertz CT molecular complexity index is 1050. The summed E-state index contributed by atoms with van der Waals surface area (Å²) in [4.78, 5) is 29.5. The van der Waals surface area contributed by atoms with Gasteiger partial charge < -0.3 is 15.0 Å². The maximum Gasteiger partial charge on any atom is 0.273 e. The van der Waals surface area contributed by atoms with E-state index in [4.69, 9.17) is 9.84 Å². The van der Waals surface area contributed by atoms with Gasteiger partial charge in [-0.05, 0) is 49.9 Å². The first kappa shape index (κ1) is 28.7. The summed E-state index contributed by atoms with van der Waals surface area (Å²) >= 11 is 0. The number of benzene rings is 1. The molecule has 0 fully saturated rings. The zero-order valence-corrected chi connectivity index (χ0v) is 23.9. The smallest absolute Gasteiger partial charge is 0.273 e. The van der Waals surface area contributed by atoms with Crippen LogP contribution in [0.4, 0.5) is 0 Å². The first-order valence-electron chi connectivity index (χ1n) is 14.0. The molecule has 1 aliphatic rings. The van der Waals surface area contributed by atoms with Gasteiger partial charge in [-0.3, -0.25) is 14.3 Å². The molecule has 1 aromatic carbocycles. The molecule has 0 aliphatic carbocycles. The molecule has 204 valence electrons. The highest BCUT2D eigenvalue weighted by molar-refractivity contribution is 5.99. The van der Waals surface area contributed by atoms with Gasteiger partial charge in [0, 0.05) is 18.0 Å². The summed E-state index contributed by atoms with van der Waals surface area (Å²) in [6.45, 7) is 15.8. The molecule has 1 aliphatic heterocycles. The fourth-order valence-corrected chi connectivity index (χ4v) is 4.71. The molecular weight excluding hydrogens is 464 g/mol. The molecular formula is C30H46N4O3. The molecule has 0 radical (unpaired) electrons. The zero-order valence-electron chi connectivity index (χ0n) is 23.9. The molecule has 0 bridgehead atoms. The molecule has 3 rings (SSSR count). The van der Waals surface area contributed by atoms with Crippen molar-refractivity contribution in [2.45, 2.75) is 117 Å². The second-order valence-corrected chi connectivity index (χ2v) is 11.6. The molecule has 1 aromatic heterocycles. The Balaban J connectivity index is 1.93. The van der Waals surface area contributed by atoms with Crippen LogP contribution in [0, 0.1) is 0 Å². The number of hydrogen-bond acceptors (Lipinski definition) is 4. The number of amides is 2. The van der Waals surface area contributed by atoms with Gasteiger partial charge in [-0.15, -0.1) is 0 Å². The Morgan fingerprint density at radius 1 is 1.14 bits per heavy atom. The van der Waals surface area contributed by atoms with Crippen LogP contribution in [-0.2, 0) is 23.3 Å². The van der Waals surface area contributed by atoms with Crippen LogP contribution in [0.15, 0.2) is 30.3 Å². The van der Waals surface area contributed by atoms with E-state index in [1.54, 1.807) is 9.58 Å². The summed E-state index contributed by atoms with van der Waals surface area (Å²) < 4.78 is 7.46. The minimum absolute atomic E-state index is 0.0898. The fraction of sp³-hybridized carbons (Fsp3) is 0.633. The molecule has 7 nitrogen and oxygen atoms in total. The van der Waals surface area contributed by atoms with E-state index >= 15 is 0 Å². The lowest BCUT2D eigenvalue weighted by Gasteiger charge is -2.44. The van der Waals surface area contributed by atoms with Crippen molar-refractivity contribution in [1.82, 2.24) is 20.0 Å². The molecule has 2 atom stereocenters. The topological polar surface area (TPSA) is 76.5 Å². The van der Waals surface area contributed by atoms with Crippen molar-refractivity contribution in [3.05, 3.63) is 47.3 Å². The summed E-state index contributed by atoms with van der Waals surface area (Å²) in [6, 6.07) is 9.78. The van der Waals surface area contributed by atoms with Gasteiger partial charge in [0.05, 0.1) is 18.8 Å². The highest BCUT2D eigenvalue weighted by Crippen LogP contribution is 2.32. The van der Waals surface area contributed by atoms with Gasteiger partial charge in [-0.2, -0.15) is 5.10 Å². The predicted octanol–water partition coefficient (Wildman–Crippen LogP) is 5.86. The van der Waals surface area contributed by atoms with Crippen molar-refractivity contribution in [2.75, 3.05) is 6.61 Å². The first-order chi connectivity index (χ1) is 17.5. The average molecular weight is 511 g/mol. The molecule has 0 spiro atoms. The lowest BCUT2D eigenvalue weighted by atomic mass is 9.91. The first-order valence-corrected chi connectivity index (χ1v) is 14.0. The summed E-state index contributed by atoms with van der Waals surface area (Å²) in [5, 5.41) is 8.04. The van der Waals surface area contributed by atoms with Crippen LogP contribution in [0.1, 0.15) is 109 Å². The molecule has 0 saturated heterocycles. The van der Waals surface area contributed by atoms with Crippen molar-refractivity contribution in [3.63, 3.8) is 0 Å². The number of fused-ring (bicyclic) bond motifs is 1. The van der Waals surface area contributed by atoms with E-state index in [1.807, 2.05) is 37.3 Å². The normalized spacial score (nSPS) is 18.5. The second-order valence-electron chi connectivity index (χ2n) is 11.6. The maximum absolute atomic E-state index is 13.9. The monoisotopic (exact) mass is 510 g/mol. The van der Waals surface area contributed by atoms with E-state index in [0.29, 0.717) is 25.4 Å². The lowest BCUT2D eigenvalue weighted by molar-refractivity contribution is -0.134. The van der Waals surface area contributed by atoms with Gasteiger partial charge in [0.1, 0.15) is 17.0 Å². The molecule has 2 heterocycles. The van der Waals surface area contributed by atoms with Crippen molar-refractivity contribution in [3.8, 4) is 5.75 Å². The van der Waals surface area contributed by atoms with Crippen LogP contribution in [0.25, 0.3) is 0 Å². The second kappa shape index (κ2) is 12.1. The Hall–Kier alpha value is -2.83. The van der Waals surface area contributed by atoms with E-state index in [2.05, 4.69) is 46.9 Å². The third-order valence-corrected chi connectivity index (χ3v) is 7.28. The van der Waals surface area contributed by atoms with Crippen molar-refractivity contribution < 1.29 is 14.3 Å². The van der Waals surface area contributed by atoms with Crippen LogP contribution in [0.2, 0.25) is 0 Å². The van der Waals surface area contributed by atoms with Gasteiger partial charge in [0.2, 0.25) is 5.91 Å². The Morgan fingerprint density at radius 3 is 2.43 bits per heavy atom. The number of nitrogens with one attached hydrogen (secondary N) is 1. The zero-order chi connectivity index (χ0) is 27.2. The fourth-order valence-electron chi connectivity index (χ4n) is 4.71. The molecule has 2 amide bonds. The SMILES string of the molecule is CCCCCC(CC)NC(=O)C1(C)Cn2nc(C(C)(C)C)cc2C(=O)N1Cc1ccc(OCCC)cc1. The van der Waals surface area contributed by atoms with E-state index in [1.165, 1.54) is 0 Å². The minimum Gasteiger partial charge on any atom is -0.494 e. The standard InChI is InChI=1S/C30H46N4O3/c1-8-11-12-13-23(10-3)31-28(36)30(7)21-34-25(19-26(32-34)29(4,5)6)27(35)33(30)20-22-14-16-24(17-15-22)37-18-9-2/h14-17,19,23H,8-13,18,20-21H2,1-7H3,(H,31,36). The average Bonchev–Trinajstić information content (AvgIpc) is 3.30. The summed E-state index contributed by atoms with van der Waals surface area (Å²) in [7, 11) is 0. The Labute approximate surface area is 222 Å². The van der Waals surface area contributed by atoms with Gasteiger partial charge in [0.25, 0.3) is 5.91 Å². The third kappa shape index (κ3) is 6.74. The molecule has 2 unspecified atom stereocenters. The number of aromatic nitrogens is 2. The van der Waals surface area contributed by atoms with E-state index in [9.17, 15) is 9.59 Å². The summed E-state index contributed by atoms with van der Waals surface area (Å²) in [5.41, 5.74) is 1.07. The van der Waals surface area contributed by atoms with Gasteiger partial charge in [0.15, 0.2) is 0 Å². The Kier molecular flexibility index (Phi) is 9.43. The third-order valence-electron chi connectivity index (χ3n) is 7.28. The maximum atomic E-state index is 13.9. The molecule has 1 N–H and O–H groups in total. The number of hydrogen-bond donors (Lipinski definition) is 1. The molecule has 0 saturated carbocycles. The summed E-state index contributed by atoms with van der Waals surface area (Å²) in [5.74, 6) is 0.518. The lowest BCUT2D eigenvalue weighted by Crippen LogP contribution is -2.64. The number of nitrogens with zero attached hydrogens (tertiary/aromatic N) is 3. The van der Waals surface area contributed by atoms with Crippen molar-refractivity contribution >= 4 is 11.8 Å². The van der Waals surface area contributed by atoms with Gasteiger partial charge in [-0.25, -0.2) is 0 Å². The van der Waals surface area contributed by atoms with Crippen LogP contribution in [-0.4, -0.2) is 44.7 Å². The highest BCUT2D eigenvalue weighted by atomic mass is 16.5. The van der Waals surface area contributed by atoms with Crippen molar-refractivity contribution in [1.29, 1.82) is 0 Å². The van der Waals surface area contributed by atoms with E-state index in [-0.39, 0.29) is 23.3 Å². The van der Waals surface area contributed by atoms with Crippen LogP contribution in [0.5, 0.6) is 5.75 Å². The minimum atomic E-state index is -1.07. The van der Waals surface area contributed by atoms with Crippen molar-refractivity contribution in [2.24, 2.45) is 0 Å². The molecule has 7 heteroatoms. The van der Waals surface area contributed by atoms with Gasteiger partial charge >= 0.3 is 0 Å². The predicted molar refractivity (Wildman–Crippen MR) is 148 cm³/mol. The molecule has 37 heavy (non-hydrogen) atoms. The van der Waals surface area contributed by atoms with Crippen LogP contribution < -0.4 is 10.1 Å². The number of rotatable bonds is 12. The number of carbonyl (C=O) groups excluding carboxylic acids is 2. The van der Waals surface area contributed by atoms with Crippen LogP contribution in [0.3, 0.4) is 0 Å². The number of carbonyl (C=O) groups is 2. The molecule has 2 aromatic rings. The number of ether oxygens (including phenoxy) is 1.